The van der Waals surface area contributed by atoms with Crippen molar-refractivity contribution in [3.8, 4) is 0 Å². The molecule has 0 aliphatic carbocycles. The van der Waals surface area contributed by atoms with E-state index in [-0.39, 0.29) is 13.2 Å². The number of nitrogens with one attached hydrogen (secondary N) is 1. The van der Waals surface area contributed by atoms with Crippen molar-refractivity contribution in [1.82, 2.24) is 4.90 Å². The molecule has 0 amide bonds. The van der Waals surface area contributed by atoms with Gasteiger partial charge in [0.25, 0.3) is 0 Å². The Hall–Kier alpha value is -1.67. The second kappa shape index (κ2) is 11.1. The van der Waals surface area contributed by atoms with E-state index in [9.17, 15) is 9.59 Å². The average Bonchev–Trinajstić information content (AvgIpc) is 2.91. The summed E-state index contributed by atoms with van der Waals surface area (Å²) < 4.78 is 10.3. The first kappa shape index (κ1) is 22.4. The van der Waals surface area contributed by atoms with Crippen LogP contribution in [0.4, 0.5) is 5.00 Å². The summed E-state index contributed by atoms with van der Waals surface area (Å²) in [4.78, 5) is 27.1. The fraction of sp³-hybridized carbons (Fsp3) is 0.611. The Morgan fingerprint density at radius 2 is 1.58 bits per heavy atom. The van der Waals surface area contributed by atoms with Crippen LogP contribution in [0.15, 0.2) is 0 Å². The Balaban J connectivity index is 3.22. The molecule has 1 aromatic heterocycles. The Labute approximate surface area is 164 Å². The molecule has 0 radical (unpaired) electrons. The van der Waals surface area contributed by atoms with Crippen molar-refractivity contribution in [3.63, 3.8) is 0 Å². The van der Waals surface area contributed by atoms with Crippen molar-refractivity contribution >= 4 is 45.6 Å². The normalized spacial score (nSPS) is 10.3. The third kappa shape index (κ3) is 5.67. The van der Waals surface area contributed by atoms with Crippen LogP contribution in [0, 0.1) is 6.92 Å². The molecule has 0 spiro atoms. The number of anilines is 1. The first-order valence-electron chi connectivity index (χ1n) is 8.94. The molecule has 0 aliphatic heterocycles. The maximum absolute atomic E-state index is 12.4. The lowest BCUT2D eigenvalue weighted by atomic mass is 10.1. The first-order valence-corrected chi connectivity index (χ1v) is 10.2. The van der Waals surface area contributed by atoms with Gasteiger partial charge in [-0.3, -0.25) is 0 Å². The second-order valence-electron chi connectivity index (χ2n) is 5.62. The minimum atomic E-state index is -0.473. The van der Waals surface area contributed by atoms with E-state index in [1.807, 2.05) is 0 Å². The summed E-state index contributed by atoms with van der Waals surface area (Å²) >= 11 is 6.69. The maximum Gasteiger partial charge on any atom is 0.348 e. The largest absolute Gasteiger partial charge is 0.462 e. The minimum absolute atomic E-state index is 0.255. The van der Waals surface area contributed by atoms with Gasteiger partial charge in [0.15, 0.2) is 5.11 Å². The third-order valence-electron chi connectivity index (χ3n) is 3.58. The monoisotopic (exact) mass is 400 g/mol. The number of thiocarbonyl (C=S) groups is 1. The summed E-state index contributed by atoms with van der Waals surface area (Å²) in [5, 5.41) is 4.20. The number of hydrogen-bond acceptors (Lipinski definition) is 6. The number of thiophene rings is 1. The fourth-order valence-corrected chi connectivity index (χ4v) is 3.91. The van der Waals surface area contributed by atoms with E-state index >= 15 is 0 Å². The van der Waals surface area contributed by atoms with Crippen molar-refractivity contribution in [3.05, 3.63) is 16.0 Å². The summed E-state index contributed by atoms with van der Waals surface area (Å²) in [5.41, 5.74) is 0.893. The summed E-state index contributed by atoms with van der Waals surface area (Å²) in [6.07, 6.45) is 1.92. The summed E-state index contributed by atoms with van der Waals surface area (Å²) in [6, 6.07) is 0. The molecule has 0 fully saturated rings. The summed E-state index contributed by atoms with van der Waals surface area (Å²) in [5.74, 6) is -0.918. The lowest BCUT2D eigenvalue weighted by Gasteiger charge is -2.24. The summed E-state index contributed by atoms with van der Waals surface area (Å²) in [6.45, 7) is 11.6. The second-order valence-corrected chi connectivity index (χ2v) is 7.03. The molecule has 26 heavy (non-hydrogen) atoms. The highest BCUT2D eigenvalue weighted by atomic mass is 32.1. The molecule has 8 heteroatoms. The van der Waals surface area contributed by atoms with E-state index in [1.54, 1.807) is 20.8 Å². The Bertz CT molecular complexity index is 637. The predicted octanol–water partition coefficient (Wildman–Crippen LogP) is 4.23. The first-order chi connectivity index (χ1) is 12.4. The maximum atomic E-state index is 12.4. The van der Waals surface area contributed by atoms with Crippen LogP contribution in [-0.2, 0) is 9.47 Å². The van der Waals surface area contributed by atoms with Crippen LogP contribution in [0.2, 0.25) is 0 Å². The standard InChI is InChI=1S/C18H28N2O4S2/c1-6-10-20(11-7-2)18(25)19-15-13(16(21)23-8-3)12(5)14(26-15)17(22)24-9-4/h6-11H2,1-5H3,(H,19,25). The summed E-state index contributed by atoms with van der Waals surface area (Å²) in [7, 11) is 0. The van der Waals surface area contributed by atoms with E-state index in [2.05, 4.69) is 24.1 Å². The van der Waals surface area contributed by atoms with Crippen molar-refractivity contribution < 1.29 is 19.1 Å². The zero-order valence-corrected chi connectivity index (χ0v) is 17.8. The van der Waals surface area contributed by atoms with Crippen LogP contribution < -0.4 is 5.32 Å². The lowest BCUT2D eigenvalue weighted by Crippen LogP contribution is -2.36. The van der Waals surface area contributed by atoms with E-state index in [4.69, 9.17) is 21.7 Å². The van der Waals surface area contributed by atoms with Crippen molar-refractivity contribution in [2.75, 3.05) is 31.6 Å². The molecule has 0 bridgehead atoms. The van der Waals surface area contributed by atoms with Crippen LogP contribution in [-0.4, -0.2) is 48.3 Å². The molecular formula is C18H28N2O4S2. The van der Waals surface area contributed by atoms with Crippen LogP contribution >= 0.6 is 23.6 Å². The van der Waals surface area contributed by atoms with E-state index < -0.39 is 11.9 Å². The number of carbonyl (C=O) groups excluding carboxylic acids is 2. The van der Waals surface area contributed by atoms with Crippen LogP contribution in [0.3, 0.4) is 0 Å². The highest BCUT2D eigenvalue weighted by molar-refractivity contribution is 7.80. The molecule has 1 heterocycles. The molecule has 146 valence electrons. The number of carbonyl (C=O) groups is 2. The molecule has 1 rings (SSSR count). The van der Waals surface area contributed by atoms with Gasteiger partial charge in [0.05, 0.1) is 18.8 Å². The van der Waals surface area contributed by atoms with Gasteiger partial charge in [0.1, 0.15) is 9.88 Å². The molecule has 0 aromatic carbocycles. The Kier molecular flexibility index (Phi) is 9.58. The number of rotatable bonds is 9. The van der Waals surface area contributed by atoms with Gasteiger partial charge in [-0.2, -0.15) is 0 Å². The van der Waals surface area contributed by atoms with Gasteiger partial charge in [-0.1, -0.05) is 13.8 Å². The minimum Gasteiger partial charge on any atom is -0.462 e. The third-order valence-corrected chi connectivity index (χ3v) is 5.13. The number of hydrogen-bond donors (Lipinski definition) is 1. The van der Waals surface area contributed by atoms with Crippen LogP contribution in [0.5, 0.6) is 0 Å². The van der Waals surface area contributed by atoms with Gasteiger partial charge in [-0.25, -0.2) is 9.59 Å². The Morgan fingerprint density at radius 1 is 1.04 bits per heavy atom. The number of nitrogens with zero attached hydrogens (tertiary/aromatic N) is 1. The van der Waals surface area contributed by atoms with Gasteiger partial charge in [0, 0.05) is 13.1 Å². The molecule has 0 saturated carbocycles. The van der Waals surface area contributed by atoms with E-state index in [1.165, 1.54) is 11.3 Å². The molecule has 0 atom stereocenters. The highest BCUT2D eigenvalue weighted by Gasteiger charge is 2.27. The van der Waals surface area contributed by atoms with Gasteiger partial charge in [-0.05, 0) is 51.4 Å². The zero-order valence-electron chi connectivity index (χ0n) is 16.1. The van der Waals surface area contributed by atoms with Gasteiger partial charge in [0.2, 0.25) is 0 Å². The van der Waals surface area contributed by atoms with Crippen molar-refractivity contribution in [1.29, 1.82) is 0 Å². The molecule has 1 aromatic rings. The molecule has 0 saturated heterocycles. The molecule has 0 unspecified atom stereocenters. The van der Waals surface area contributed by atoms with Crippen LogP contribution in [0.25, 0.3) is 0 Å². The topological polar surface area (TPSA) is 67.9 Å². The predicted molar refractivity (Wildman–Crippen MR) is 109 cm³/mol. The van der Waals surface area contributed by atoms with Gasteiger partial charge in [-0.15, -0.1) is 11.3 Å². The Morgan fingerprint density at radius 3 is 2.08 bits per heavy atom. The fourth-order valence-electron chi connectivity index (χ4n) is 2.47. The molecule has 1 N–H and O–H groups in total. The molecule has 6 nitrogen and oxygen atoms in total. The van der Waals surface area contributed by atoms with Crippen molar-refractivity contribution in [2.24, 2.45) is 0 Å². The molecule has 0 aliphatic rings. The van der Waals surface area contributed by atoms with Crippen LogP contribution in [0.1, 0.15) is 66.1 Å². The number of ether oxygens (including phenoxy) is 2. The smallest absolute Gasteiger partial charge is 0.348 e. The SMILES string of the molecule is CCCN(CCC)C(=S)Nc1sc(C(=O)OCC)c(C)c1C(=O)OCC. The zero-order chi connectivity index (χ0) is 19.7. The van der Waals surface area contributed by atoms with Gasteiger partial charge < -0.3 is 19.7 Å². The lowest BCUT2D eigenvalue weighted by molar-refractivity contribution is 0.0527. The van der Waals surface area contributed by atoms with Gasteiger partial charge >= 0.3 is 11.9 Å². The molecular weight excluding hydrogens is 372 g/mol. The quantitative estimate of drug-likeness (QED) is 0.491. The van der Waals surface area contributed by atoms with E-state index in [0.29, 0.717) is 26.1 Å². The van der Waals surface area contributed by atoms with E-state index in [0.717, 1.165) is 25.9 Å². The highest BCUT2D eigenvalue weighted by Crippen LogP contribution is 2.34. The number of esters is 2. The average molecular weight is 401 g/mol. The van der Waals surface area contributed by atoms with Crippen molar-refractivity contribution in [2.45, 2.75) is 47.5 Å².